The number of methoxy groups -OCH3 is 1. The van der Waals surface area contributed by atoms with E-state index in [0.717, 1.165) is 19.3 Å². The maximum absolute atomic E-state index is 12.5. The molecule has 2 aromatic carbocycles. The molecule has 5 heteroatoms. The minimum absolute atomic E-state index is 0.146. The second-order valence-corrected chi connectivity index (χ2v) is 6.61. The van der Waals surface area contributed by atoms with Gasteiger partial charge in [0.1, 0.15) is 0 Å². The van der Waals surface area contributed by atoms with Gasteiger partial charge in [0.2, 0.25) is 5.91 Å². The van der Waals surface area contributed by atoms with Gasteiger partial charge in [0.25, 0.3) is 0 Å². The fourth-order valence-corrected chi connectivity index (χ4v) is 3.59. The highest BCUT2D eigenvalue weighted by Crippen LogP contribution is 2.33. The van der Waals surface area contributed by atoms with Crippen molar-refractivity contribution in [2.45, 2.75) is 25.3 Å². The van der Waals surface area contributed by atoms with E-state index in [9.17, 15) is 9.59 Å². The van der Waals surface area contributed by atoms with Gasteiger partial charge < -0.3 is 10.1 Å². The second kappa shape index (κ2) is 8.15. The molecular weight excluding hydrogens is 328 g/mol. The van der Waals surface area contributed by atoms with Gasteiger partial charge in [0.05, 0.1) is 24.9 Å². The van der Waals surface area contributed by atoms with Gasteiger partial charge in [0.15, 0.2) is 0 Å². The van der Waals surface area contributed by atoms with E-state index < -0.39 is 5.97 Å². The van der Waals surface area contributed by atoms with Crippen molar-refractivity contribution in [1.29, 1.82) is 0 Å². The normalized spacial score (nSPS) is 16.0. The first-order chi connectivity index (χ1) is 12.6. The minimum atomic E-state index is -0.463. The molecule has 0 fully saturated rings. The summed E-state index contributed by atoms with van der Waals surface area (Å²) in [6.45, 7) is 0.258. The van der Waals surface area contributed by atoms with E-state index in [2.05, 4.69) is 34.5 Å². The highest BCUT2D eigenvalue weighted by atomic mass is 16.5. The molecule has 0 aromatic heterocycles. The smallest absolute Gasteiger partial charge is 0.339 e. The summed E-state index contributed by atoms with van der Waals surface area (Å²) >= 11 is 0. The predicted molar refractivity (Wildman–Crippen MR) is 101 cm³/mol. The van der Waals surface area contributed by atoms with Crippen molar-refractivity contribution in [3.63, 3.8) is 0 Å². The van der Waals surface area contributed by atoms with E-state index in [1.165, 1.54) is 18.2 Å². The largest absolute Gasteiger partial charge is 0.465 e. The Balaban J connectivity index is 1.69. The van der Waals surface area contributed by atoms with Gasteiger partial charge in [-0.3, -0.25) is 9.69 Å². The molecule has 2 aromatic rings. The number of para-hydroxylation sites is 1. The zero-order chi connectivity index (χ0) is 18.5. The lowest BCUT2D eigenvalue weighted by atomic mass is 9.87. The summed E-state index contributed by atoms with van der Waals surface area (Å²) in [7, 11) is 3.30. The number of hydrogen-bond acceptors (Lipinski definition) is 4. The lowest BCUT2D eigenvalue weighted by molar-refractivity contribution is -0.117. The van der Waals surface area contributed by atoms with E-state index in [4.69, 9.17) is 4.74 Å². The Hall–Kier alpha value is -2.66. The number of amides is 1. The van der Waals surface area contributed by atoms with Crippen molar-refractivity contribution in [1.82, 2.24) is 4.90 Å². The van der Waals surface area contributed by atoms with Crippen molar-refractivity contribution in [3.05, 3.63) is 65.2 Å². The summed E-state index contributed by atoms with van der Waals surface area (Å²) in [6.07, 6.45) is 3.26. The van der Waals surface area contributed by atoms with E-state index in [-0.39, 0.29) is 18.5 Å². The first-order valence-corrected chi connectivity index (χ1v) is 8.85. The lowest BCUT2D eigenvalue weighted by Gasteiger charge is -2.32. The van der Waals surface area contributed by atoms with Crippen molar-refractivity contribution >= 4 is 17.6 Å². The second-order valence-electron chi connectivity index (χ2n) is 6.61. The molecule has 26 heavy (non-hydrogen) atoms. The van der Waals surface area contributed by atoms with Gasteiger partial charge >= 0.3 is 5.97 Å². The van der Waals surface area contributed by atoms with Crippen LogP contribution < -0.4 is 5.32 Å². The van der Waals surface area contributed by atoms with Crippen LogP contribution in [0.4, 0.5) is 5.69 Å². The summed E-state index contributed by atoms with van der Waals surface area (Å²) in [5, 5.41) is 2.84. The molecule has 0 radical (unpaired) electrons. The number of nitrogens with zero attached hydrogens (tertiary/aromatic N) is 1. The monoisotopic (exact) mass is 352 g/mol. The highest BCUT2D eigenvalue weighted by Gasteiger charge is 2.25. The third-order valence-corrected chi connectivity index (χ3v) is 4.87. The highest BCUT2D eigenvalue weighted by molar-refractivity contribution is 6.01. The van der Waals surface area contributed by atoms with Gasteiger partial charge in [-0.25, -0.2) is 4.79 Å². The van der Waals surface area contributed by atoms with E-state index >= 15 is 0 Å². The van der Waals surface area contributed by atoms with Crippen LogP contribution in [0, 0.1) is 0 Å². The number of aryl methyl sites for hydroxylation is 1. The molecule has 1 N–H and O–H groups in total. The molecule has 0 bridgehead atoms. The van der Waals surface area contributed by atoms with Crippen LogP contribution in [0.2, 0.25) is 0 Å². The Morgan fingerprint density at radius 3 is 2.69 bits per heavy atom. The first-order valence-electron chi connectivity index (χ1n) is 8.85. The van der Waals surface area contributed by atoms with Crippen molar-refractivity contribution in [2.24, 2.45) is 0 Å². The first kappa shape index (κ1) is 18.1. The Kier molecular flexibility index (Phi) is 5.68. The Morgan fingerprint density at radius 2 is 1.88 bits per heavy atom. The molecule has 1 aliphatic rings. The van der Waals surface area contributed by atoms with E-state index in [0.29, 0.717) is 11.3 Å². The van der Waals surface area contributed by atoms with Gasteiger partial charge in [-0.1, -0.05) is 36.4 Å². The van der Waals surface area contributed by atoms with Gasteiger partial charge in [0, 0.05) is 6.04 Å². The predicted octanol–water partition coefficient (Wildman–Crippen LogP) is 3.42. The number of likely N-dealkylation sites (N-methyl/N-ethyl adjacent to an activating group) is 1. The summed E-state index contributed by atoms with van der Waals surface area (Å²) in [5.74, 6) is -0.609. The molecule has 5 nitrogen and oxygen atoms in total. The third-order valence-electron chi connectivity index (χ3n) is 4.87. The third kappa shape index (κ3) is 3.94. The zero-order valence-electron chi connectivity index (χ0n) is 15.2. The number of fused-ring (bicyclic) bond motifs is 1. The number of hydrogen-bond donors (Lipinski definition) is 1. The van der Waals surface area contributed by atoms with Crippen molar-refractivity contribution in [2.75, 3.05) is 26.0 Å². The minimum Gasteiger partial charge on any atom is -0.465 e. The van der Waals surface area contributed by atoms with Crippen LogP contribution in [0.25, 0.3) is 0 Å². The molecule has 0 aliphatic heterocycles. The average molecular weight is 352 g/mol. The van der Waals surface area contributed by atoms with Crippen LogP contribution in [0.1, 0.15) is 40.4 Å². The molecule has 0 heterocycles. The number of nitrogens with one attached hydrogen (secondary N) is 1. The van der Waals surface area contributed by atoms with Crippen LogP contribution in [0.15, 0.2) is 48.5 Å². The number of benzene rings is 2. The fourth-order valence-electron chi connectivity index (χ4n) is 3.59. The summed E-state index contributed by atoms with van der Waals surface area (Å²) in [4.78, 5) is 26.5. The van der Waals surface area contributed by atoms with Crippen molar-refractivity contribution in [3.8, 4) is 0 Å². The molecule has 0 spiro atoms. The van der Waals surface area contributed by atoms with Crippen LogP contribution >= 0.6 is 0 Å². The topological polar surface area (TPSA) is 58.6 Å². The van der Waals surface area contributed by atoms with Crippen LogP contribution in [-0.2, 0) is 16.0 Å². The number of rotatable bonds is 5. The van der Waals surface area contributed by atoms with Gasteiger partial charge in [-0.05, 0) is 49.6 Å². The lowest BCUT2D eigenvalue weighted by Crippen LogP contribution is -2.35. The standard InChI is InChI=1S/C21H24N2O3/c1-23(19-13-7-9-15-8-3-4-10-16(15)19)14-20(24)22-18-12-6-5-11-17(18)21(25)26-2/h3-6,8,10-12,19H,7,9,13-14H2,1-2H3,(H,22,24)/t19-/m0/s1. The van der Waals surface area contributed by atoms with Gasteiger partial charge in [-0.15, -0.1) is 0 Å². The molecule has 0 unspecified atom stereocenters. The van der Waals surface area contributed by atoms with E-state index in [1.807, 2.05) is 7.05 Å². The maximum Gasteiger partial charge on any atom is 0.339 e. The Morgan fingerprint density at radius 1 is 1.15 bits per heavy atom. The van der Waals surface area contributed by atoms with Crippen LogP contribution in [0.5, 0.6) is 0 Å². The molecule has 1 aliphatic carbocycles. The summed E-state index contributed by atoms with van der Waals surface area (Å²) in [6, 6.07) is 15.6. The summed E-state index contributed by atoms with van der Waals surface area (Å²) < 4.78 is 4.77. The van der Waals surface area contributed by atoms with Crippen LogP contribution in [0.3, 0.4) is 0 Å². The summed E-state index contributed by atoms with van der Waals surface area (Å²) in [5.41, 5.74) is 3.51. The zero-order valence-corrected chi connectivity index (χ0v) is 15.2. The molecule has 0 saturated carbocycles. The number of carbonyl (C=O) groups excluding carboxylic acids is 2. The molecule has 136 valence electrons. The molecule has 3 rings (SSSR count). The average Bonchev–Trinajstić information content (AvgIpc) is 2.67. The quantitative estimate of drug-likeness (QED) is 0.838. The molecular formula is C21H24N2O3. The number of esters is 1. The number of carbonyl (C=O) groups is 2. The molecule has 1 amide bonds. The Labute approximate surface area is 154 Å². The van der Waals surface area contributed by atoms with Gasteiger partial charge in [-0.2, -0.15) is 0 Å². The SMILES string of the molecule is COC(=O)c1ccccc1NC(=O)CN(C)[C@H]1CCCc2ccccc21. The molecule has 1 atom stereocenters. The van der Waals surface area contributed by atoms with Crippen molar-refractivity contribution < 1.29 is 14.3 Å². The number of anilines is 1. The van der Waals surface area contributed by atoms with Crippen LogP contribution in [-0.4, -0.2) is 37.5 Å². The number of ether oxygens (including phenoxy) is 1. The Bertz CT molecular complexity index is 803. The maximum atomic E-state index is 12.5. The molecule has 0 saturated heterocycles. The fraction of sp³-hybridized carbons (Fsp3) is 0.333. The van der Waals surface area contributed by atoms with E-state index in [1.54, 1.807) is 24.3 Å².